The average molecular weight is 173 g/mol. The van der Waals surface area contributed by atoms with Crippen LogP contribution in [0.5, 0.6) is 0 Å². The Balaban J connectivity index is 2.45. The van der Waals surface area contributed by atoms with Crippen molar-refractivity contribution in [2.75, 3.05) is 0 Å². The van der Waals surface area contributed by atoms with Crippen LogP contribution in [0.2, 0.25) is 0 Å². The summed E-state index contributed by atoms with van der Waals surface area (Å²) in [4.78, 5) is 0. The fourth-order valence-corrected chi connectivity index (χ4v) is 1.98. The highest BCUT2D eigenvalue weighted by Gasteiger charge is 2.08. The van der Waals surface area contributed by atoms with Crippen molar-refractivity contribution in [1.82, 2.24) is 0 Å². The van der Waals surface area contributed by atoms with Crippen molar-refractivity contribution in [3.05, 3.63) is 11.6 Å². The summed E-state index contributed by atoms with van der Waals surface area (Å²) >= 11 is 6.08. The topological polar surface area (TPSA) is 0 Å². The Kier molecular flexibility index (Phi) is 3.99. The summed E-state index contributed by atoms with van der Waals surface area (Å²) in [6, 6.07) is 0. The van der Waals surface area contributed by atoms with Crippen molar-refractivity contribution in [3.63, 3.8) is 0 Å². The van der Waals surface area contributed by atoms with Crippen molar-refractivity contribution < 1.29 is 0 Å². The van der Waals surface area contributed by atoms with E-state index in [4.69, 9.17) is 11.6 Å². The van der Waals surface area contributed by atoms with E-state index in [2.05, 4.69) is 13.0 Å². The Hall–Kier alpha value is 0.0300. The molecule has 1 aliphatic carbocycles. The van der Waals surface area contributed by atoms with Crippen LogP contribution >= 0.6 is 11.6 Å². The second kappa shape index (κ2) is 4.82. The molecular weight excluding hydrogens is 156 g/mol. The molecule has 0 saturated heterocycles. The van der Waals surface area contributed by atoms with E-state index in [1.807, 2.05) is 0 Å². The van der Waals surface area contributed by atoms with Crippen LogP contribution in [0.3, 0.4) is 0 Å². The van der Waals surface area contributed by atoms with Crippen molar-refractivity contribution in [3.8, 4) is 0 Å². The Bertz CT molecular complexity index is 138. The van der Waals surface area contributed by atoms with Crippen LogP contribution < -0.4 is 0 Å². The van der Waals surface area contributed by atoms with E-state index >= 15 is 0 Å². The zero-order chi connectivity index (χ0) is 8.10. The van der Waals surface area contributed by atoms with Crippen molar-refractivity contribution in [1.29, 1.82) is 0 Å². The third-order valence-electron chi connectivity index (χ3n) is 2.22. The Morgan fingerprint density at radius 2 is 2.36 bits per heavy atom. The maximum Gasteiger partial charge on any atom is 0.0518 e. The van der Waals surface area contributed by atoms with Crippen LogP contribution in [0.25, 0.3) is 0 Å². The SMILES string of the molecule is CCCC1=CC(Cl)CCCC1. The van der Waals surface area contributed by atoms with E-state index in [9.17, 15) is 0 Å². The molecular formula is C10H17Cl. The predicted octanol–water partition coefficient (Wildman–Crippen LogP) is 3.89. The van der Waals surface area contributed by atoms with Gasteiger partial charge in [0, 0.05) is 0 Å². The molecule has 0 N–H and O–H groups in total. The molecule has 1 atom stereocenters. The monoisotopic (exact) mass is 172 g/mol. The highest BCUT2D eigenvalue weighted by atomic mass is 35.5. The van der Waals surface area contributed by atoms with Gasteiger partial charge in [0.1, 0.15) is 0 Å². The van der Waals surface area contributed by atoms with Gasteiger partial charge in [-0.15, -0.1) is 11.6 Å². The summed E-state index contributed by atoms with van der Waals surface area (Å²) in [5, 5.41) is 0.319. The minimum absolute atomic E-state index is 0.319. The summed E-state index contributed by atoms with van der Waals surface area (Å²) in [5.41, 5.74) is 1.59. The lowest BCUT2D eigenvalue weighted by Gasteiger charge is -2.02. The molecule has 0 saturated carbocycles. The highest BCUT2D eigenvalue weighted by molar-refractivity contribution is 6.21. The van der Waals surface area contributed by atoms with Crippen LogP contribution in [0.1, 0.15) is 45.4 Å². The minimum atomic E-state index is 0.319. The number of halogens is 1. The second-order valence-corrected chi connectivity index (χ2v) is 3.90. The Labute approximate surface area is 74.6 Å². The lowest BCUT2D eigenvalue weighted by molar-refractivity contribution is 0.702. The molecule has 0 bridgehead atoms. The zero-order valence-corrected chi connectivity index (χ0v) is 8.03. The molecule has 1 aliphatic rings. The fourth-order valence-electron chi connectivity index (χ4n) is 1.64. The first-order valence-corrected chi connectivity index (χ1v) is 5.10. The second-order valence-electron chi connectivity index (χ2n) is 3.34. The quantitative estimate of drug-likeness (QED) is 0.438. The molecule has 0 heterocycles. The Morgan fingerprint density at radius 3 is 3.09 bits per heavy atom. The lowest BCUT2D eigenvalue weighted by atomic mass is 10.1. The van der Waals surface area contributed by atoms with Gasteiger partial charge in [0.05, 0.1) is 5.38 Å². The van der Waals surface area contributed by atoms with Crippen LogP contribution in [-0.2, 0) is 0 Å². The third-order valence-corrected chi connectivity index (χ3v) is 2.56. The van der Waals surface area contributed by atoms with Gasteiger partial charge in [-0.05, 0) is 25.7 Å². The first-order valence-electron chi connectivity index (χ1n) is 4.66. The van der Waals surface area contributed by atoms with E-state index in [0.29, 0.717) is 5.38 Å². The van der Waals surface area contributed by atoms with E-state index < -0.39 is 0 Å². The fraction of sp³-hybridized carbons (Fsp3) is 0.800. The van der Waals surface area contributed by atoms with Gasteiger partial charge < -0.3 is 0 Å². The van der Waals surface area contributed by atoms with Crippen molar-refractivity contribution in [2.24, 2.45) is 0 Å². The summed E-state index contributed by atoms with van der Waals surface area (Å²) in [7, 11) is 0. The van der Waals surface area contributed by atoms with Gasteiger partial charge in [0.2, 0.25) is 0 Å². The summed E-state index contributed by atoms with van der Waals surface area (Å²) < 4.78 is 0. The molecule has 0 aromatic heterocycles. The largest absolute Gasteiger partial charge is 0.118 e. The Morgan fingerprint density at radius 1 is 1.55 bits per heavy atom. The number of alkyl halides is 1. The van der Waals surface area contributed by atoms with Gasteiger partial charge >= 0.3 is 0 Å². The molecule has 0 aliphatic heterocycles. The van der Waals surface area contributed by atoms with Gasteiger partial charge in [0.25, 0.3) is 0 Å². The zero-order valence-electron chi connectivity index (χ0n) is 7.28. The normalized spacial score (nSPS) is 26.0. The van der Waals surface area contributed by atoms with Gasteiger partial charge in [-0.2, -0.15) is 0 Å². The molecule has 1 rings (SSSR count). The van der Waals surface area contributed by atoms with E-state index in [-0.39, 0.29) is 0 Å². The van der Waals surface area contributed by atoms with E-state index in [0.717, 1.165) is 0 Å². The lowest BCUT2D eigenvalue weighted by Crippen LogP contribution is -1.91. The van der Waals surface area contributed by atoms with Crippen LogP contribution in [0.15, 0.2) is 11.6 Å². The molecule has 11 heavy (non-hydrogen) atoms. The first-order chi connectivity index (χ1) is 5.33. The maximum atomic E-state index is 6.08. The van der Waals surface area contributed by atoms with Crippen LogP contribution in [-0.4, -0.2) is 5.38 Å². The molecule has 0 spiro atoms. The summed E-state index contributed by atoms with van der Waals surface area (Å²) in [5.74, 6) is 0. The molecule has 0 nitrogen and oxygen atoms in total. The standard InChI is InChI=1S/C10H17Cl/c1-2-5-9-6-3-4-7-10(11)8-9/h8,10H,2-7H2,1H3. The smallest absolute Gasteiger partial charge is 0.0518 e. The summed E-state index contributed by atoms with van der Waals surface area (Å²) in [6.45, 7) is 2.23. The van der Waals surface area contributed by atoms with E-state index in [1.54, 1.807) is 5.57 Å². The highest BCUT2D eigenvalue weighted by Crippen LogP contribution is 2.23. The van der Waals surface area contributed by atoms with Crippen LogP contribution in [0.4, 0.5) is 0 Å². The van der Waals surface area contributed by atoms with Gasteiger partial charge in [0.15, 0.2) is 0 Å². The molecule has 0 aromatic carbocycles. The van der Waals surface area contributed by atoms with E-state index in [1.165, 1.54) is 38.5 Å². The molecule has 0 aromatic rings. The number of rotatable bonds is 2. The molecule has 0 radical (unpaired) electrons. The summed E-state index contributed by atoms with van der Waals surface area (Å²) in [6.07, 6.45) is 9.90. The minimum Gasteiger partial charge on any atom is -0.118 e. The third kappa shape index (κ3) is 3.29. The molecule has 0 fully saturated rings. The van der Waals surface area contributed by atoms with Crippen LogP contribution in [0, 0.1) is 0 Å². The van der Waals surface area contributed by atoms with Gasteiger partial charge in [-0.25, -0.2) is 0 Å². The molecule has 1 heteroatoms. The molecule has 64 valence electrons. The maximum absolute atomic E-state index is 6.08. The first kappa shape index (κ1) is 9.12. The van der Waals surface area contributed by atoms with Gasteiger partial charge in [-0.1, -0.05) is 31.4 Å². The van der Waals surface area contributed by atoms with Crippen molar-refractivity contribution in [2.45, 2.75) is 50.8 Å². The van der Waals surface area contributed by atoms with Gasteiger partial charge in [-0.3, -0.25) is 0 Å². The molecule has 0 amide bonds. The number of allylic oxidation sites excluding steroid dienone is 2. The predicted molar refractivity (Wildman–Crippen MR) is 51.1 cm³/mol. The number of hydrogen-bond donors (Lipinski definition) is 0. The van der Waals surface area contributed by atoms with Crippen molar-refractivity contribution >= 4 is 11.6 Å². The average Bonchev–Trinajstić information content (AvgIpc) is 2.15. The molecule has 1 unspecified atom stereocenters. The number of hydrogen-bond acceptors (Lipinski definition) is 0.